The summed E-state index contributed by atoms with van der Waals surface area (Å²) in [5.41, 5.74) is 3.01. The minimum absolute atomic E-state index is 0.238. The zero-order valence-corrected chi connectivity index (χ0v) is 22.9. The second kappa shape index (κ2) is 12.3. The lowest BCUT2D eigenvalue weighted by Gasteiger charge is -2.08. The molecule has 5 rings (SSSR count). The van der Waals surface area contributed by atoms with E-state index < -0.39 is 5.97 Å². The Hall–Kier alpha value is -5.30. The van der Waals surface area contributed by atoms with Crippen molar-refractivity contribution < 1.29 is 33.0 Å². The maximum Gasteiger partial charge on any atom is 0.347 e. The van der Waals surface area contributed by atoms with Crippen LogP contribution in [0.4, 0.5) is 0 Å². The van der Waals surface area contributed by atoms with E-state index in [1.165, 1.54) is 13.2 Å². The zero-order valence-electron chi connectivity index (χ0n) is 22.9. The van der Waals surface area contributed by atoms with E-state index in [9.17, 15) is 9.59 Å². The lowest BCUT2D eigenvalue weighted by Crippen LogP contribution is -2.09. The Labute approximate surface area is 237 Å². The molecule has 0 unspecified atom stereocenters. The summed E-state index contributed by atoms with van der Waals surface area (Å²) >= 11 is 0. The van der Waals surface area contributed by atoms with Crippen molar-refractivity contribution in [2.45, 2.75) is 13.5 Å². The van der Waals surface area contributed by atoms with Gasteiger partial charge in [-0.25, -0.2) is 4.79 Å². The summed E-state index contributed by atoms with van der Waals surface area (Å²) in [5.74, 6) is 1.60. The fourth-order valence-corrected chi connectivity index (χ4v) is 4.39. The monoisotopic (exact) mass is 548 g/mol. The molecule has 0 atom stereocenters. The van der Waals surface area contributed by atoms with E-state index >= 15 is 0 Å². The molecule has 1 heterocycles. The van der Waals surface area contributed by atoms with Gasteiger partial charge in [-0.15, -0.1) is 0 Å². The molecule has 0 aliphatic carbocycles. The SMILES string of the molecule is COc1ccc(C(=O)/C=C/c2cccc(OC(=O)c3c(C)oc4ccc(OCc5ccccc5)cc34)c2)c(OC)c1. The first-order chi connectivity index (χ1) is 19.9. The van der Waals surface area contributed by atoms with E-state index in [-0.39, 0.29) is 5.78 Å². The topological polar surface area (TPSA) is 84.2 Å². The summed E-state index contributed by atoms with van der Waals surface area (Å²) in [5, 5.41) is 0.605. The molecule has 7 nitrogen and oxygen atoms in total. The largest absolute Gasteiger partial charge is 0.497 e. The van der Waals surface area contributed by atoms with Gasteiger partial charge in [0.1, 0.15) is 46.5 Å². The molecule has 0 saturated heterocycles. The number of hydrogen-bond acceptors (Lipinski definition) is 7. The van der Waals surface area contributed by atoms with Gasteiger partial charge in [0.25, 0.3) is 0 Å². The third-order valence-electron chi connectivity index (χ3n) is 6.46. The van der Waals surface area contributed by atoms with Crippen LogP contribution in [0.3, 0.4) is 0 Å². The summed E-state index contributed by atoms with van der Waals surface area (Å²) in [4.78, 5) is 26.1. The van der Waals surface area contributed by atoms with Gasteiger partial charge in [0.05, 0.1) is 19.8 Å². The number of aryl methyl sites for hydroxylation is 1. The van der Waals surface area contributed by atoms with Crippen LogP contribution in [0.15, 0.2) is 101 Å². The summed E-state index contributed by atoms with van der Waals surface area (Å²) in [7, 11) is 3.04. The van der Waals surface area contributed by atoms with E-state index in [0.29, 0.717) is 63.0 Å². The predicted octanol–water partition coefficient (Wildman–Crippen LogP) is 7.45. The number of allylic oxidation sites excluding steroid dienone is 1. The van der Waals surface area contributed by atoms with Gasteiger partial charge < -0.3 is 23.4 Å². The molecule has 206 valence electrons. The molecular weight excluding hydrogens is 520 g/mol. The van der Waals surface area contributed by atoms with E-state index in [4.69, 9.17) is 23.4 Å². The minimum atomic E-state index is -0.554. The quantitative estimate of drug-likeness (QED) is 0.0775. The van der Waals surface area contributed by atoms with Gasteiger partial charge >= 0.3 is 5.97 Å². The number of ether oxygens (including phenoxy) is 4. The van der Waals surface area contributed by atoms with Gasteiger partial charge in [-0.1, -0.05) is 48.5 Å². The summed E-state index contributed by atoms with van der Waals surface area (Å²) in [6.45, 7) is 2.12. The van der Waals surface area contributed by atoms with Gasteiger partial charge in [0.15, 0.2) is 5.78 Å². The summed E-state index contributed by atoms with van der Waals surface area (Å²) in [6, 6.07) is 27.1. The molecule has 0 aliphatic rings. The highest BCUT2D eigenvalue weighted by Crippen LogP contribution is 2.31. The van der Waals surface area contributed by atoms with Crippen molar-refractivity contribution in [1.82, 2.24) is 0 Å². The van der Waals surface area contributed by atoms with Crippen LogP contribution in [0.2, 0.25) is 0 Å². The normalized spacial score (nSPS) is 11.0. The van der Waals surface area contributed by atoms with Crippen LogP contribution >= 0.6 is 0 Å². The number of benzene rings is 4. The standard InChI is InChI=1S/C34H28O7/c1-22-33(29-19-26(14-17-31(29)40-22)39-21-24-8-5-4-6-9-24)34(36)41-27-11-7-10-23(18-27)12-16-30(35)28-15-13-25(37-2)20-32(28)38-3/h4-20H,21H2,1-3H3/b16-12+. The molecule has 0 amide bonds. The van der Waals surface area contributed by atoms with Crippen LogP contribution in [0.5, 0.6) is 23.0 Å². The van der Waals surface area contributed by atoms with Crippen molar-refractivity contribution in [3.8, 4) is 23.0 Å². The molecule has 4 aromatic carbocycles. The molecular formula is C34H28O7. The van der Waals surface area contributed by atoms with Crippen molar-refractivity contribution >= 4 is 28.8 Å². The number of rotatable bonds is 10. The van der Waals surface area contributed by atoms with Crippen LogP contribution in [0.1, 0.15) is 37.6 Å². The Kier molecular flexibility index (Phi) is 8.15. The number of methoxy groups -OCH3 is 2. The highest BCUT2D eigenvalue weighted by Gasteiger charge is 2.21. The van der Waals surface area contributed by atoms with Gasteiger partial charge in [-0.05, 0) is 66.6 Å². The number of carbonyl (C=O) groups excluding carboxylic acids is 2. The number of furan rings is 1. The Morgan fingerprint density at radius 1 is 0.805 bits per heavy atom. The number of ketones is 1. The molecule has 0 aliphatic heterocycles. The number of fused-ring (bicyclic) bond motifs is 1. The average molecular weight is 549 g/mol. The average Bonchev–Trinajstić information content (AvgIpc) is 3.34. The number of esters is 1. The maximum absolute atomic E-state index is 13.3. The number of carbonyl (C=O) groups is 2. The van der Waals surface area contributed by atoms with Crippen molar-refractivity contribution in [2.24, 2.45) is 0 Å². The van der Waals surface area contributed by atoms with Crippen molar-refractivity contribution in [3.63, 3.8) is 0 Å². The second-order valence-electron chi connectivity index (χ2n) is 9.19. The lowest BCUT2D eigenvalue weighted by molar-refractivity contribution is 0.0734. The molecule has 0 spiro atoms. The van der Waals surface area contributed by atoms with Gasteiger partial charge in [0, 0.05) is 11.5 Å². The first-order valence-electron chi connectivity index (χ1n) is 12.9. The second-order valence-corrected chi connectivity index (χ2v) is 9.19. The highest BCUT2D eigenvalue weighted by atomic mass is 16.5. The Morgan fingerprint density at radius 3 is 2.39 bits per heavy atom. The van der Waals surface area contributed by atoms with Crippen LogP contribution in [-0.4, -0.2) is 26.0 Å². The van der Waals surface area contributed by atoms with Gasteiger partial charge in [-0.2, -0.15) is 0 Å². The van der Waals surface area contributed by atoms with Crippen molar-refractivity contribution in [2.75, 3.05) is 14.2 Å². The lowest BCUT2D eigenvalue weighted by atomic mass is 10.1. The van der Waals surface area contributed by atoms with Crippen LogP contribution < -0.4 is 18.9 Å². The van der Waals surface area contributed by atoms with Crippen LogP contribution in [0.25, 0.3) is 17.0 Å². The Morgan fingerprint density at radius 2 is 1.61 bits per heavy atom. The fourth-order valence-electron chi connectivity index (χ4n) is 4.39. The molecule has 0 saturated carbocycles. The third kappa shape index (κ3) is 6.31. The summed E-state index contributed by atoms with van der Waals surface area (Å²) in [6.07, 6.45) is 3.09. The maximum atomic E-state index is 13.3. The predicted molar refractivity (Wildman–Crippen MR) is 156 cm³/mol. The molecule has 41 heavy (non-hydrogen) atoms. The van der Waals surface area contributed by atoms with Gasteiger partial charge in [-0.3, -0.25) is 4.79 Å². The molecule has 0 fully saturated rings. The molecule has 7 heteroatoms. The van der Waals surface area contributed by atoms with Crippen LogP contribution in [0, 0.1) is 6.92 Å². The van der Waals surface area contributed by atoms with E-state index in [1.807, 2.05) is 36.4 Å². The third-order valence-corrected chi connectivity index (χ3v) is 6.46. The molecule has 5 aromatic rings. The highest BCUT2D eigenvalue weighted by molar-refractivity contribution is 6.09. The van der Waals surface area contributed by atoms with Gasteiger partial charge in [0.2, 0.25) is 0 Å². The first kappa shape index (κ1) is 27.3. The number of hydrogen-bond donors (Lipinski definition) is 0. The van der Waals surface area contributed by atoms with E-state index in [1.54, 1.807) is 74.7 Å². The van der Waals surface area contributed by atoms with E-state index in [0.717, 1.165) is 5.56 Å². The van der Waals surface area contributed by atoms with Crippen molar-refractivity contribution in [3.05, 3.63) is 125 Å². The summed E-state index contributed by atoms with van der Waals surface area (Å²) < 4.78 is 28.0. The molecule has 0 bridgehead atoms. The Balaban J connectivity index is 1.31. The first-order valence-corrected chi connectivity index (χ1v) is 12.9. The van der Waals surface area contributed by atoms with Crippen LogP contribution in [-0.2, 0) is 6.61 Å². The minimum Gasteiger partial charge on any atom is -0.497 e. The molecule has 0 N–H and O–H groups in total. The van der Waals surface area contributed by atoms with Crippen molar-refractivity contribution in [1.29, 1.82) is 0 Å². The fraction of sp³-hybridized carbons (Fsp3) is 0.118. The van der Waals surface area contributed by atoms with E-state index in [2.05, 4.69) is 0 Å². The smallest absolute Gasteiger partial charge is 0.347 e. The zero-order chi connectivity index (χ0) is 28.8. The molecule has 1 aromatic heterocycles. The molecule has 0 radical (unpaired) electrons. The Bertz CT molecular complexity index is 1730.